The van der Waals surface area contributed by atoms with E-state index in [-0.39, 0.29) is 0 Å². The van der Waals surface area contributed by atoms with Crippen molar-refractivity contribution in [1.82, 2.24) is 0 Å². The summed E-state index contributed by atoms with van der Waals surface area (Å²) in [5, 5.41) is 0. The smallest absolute Gasteiger partial charge is 0.127 e. The molecule has 2 nitrogen and oxygen atoms in total. The molecule has 0 spiro atoms. The number of hydrogen-bond acceptors (Lipinski definition) is 2. The van der Waals surface area contributed by atoms with Crippen molar-refractivity contribution in [3.05, 3.63) is 48.5 Å². The van der Waals surface area contributed by atoms with E-state index in [2.05, 4.69) is 0 Å². The van der Waals surface area contributed by atoms with E-state index < -0.39 is 0 Å². The molecular formula is C16H16Cl2O2. The lowest BCUT2D eigenvalue weighted by Crippen LogP contribution is -2.02. The van der Waals surface area contributed by atoms with E-state index in [9.17, 15) is 0 Å². The van der Waals surface area contributed by atoms with Crippen LogP contribution in [0.15, 0.2) is 48.5 Å². The fourth-order valence-corrected chi connectivity index (χ4v) is 2.08. The Labute approximate surface area is 129 Å². The van der Waals surface area contributed by atoms with E-state index in [4.69, 9.17) is 32.7 Å². The van der Waals surface area contributed by atoms with Crippen molar-refractivity contribution >= 4 is 23.2 Å². The zero-order chi connectivity index (χ0) is 14.2. The van der Waals surface area contributed by atoms with Crippen LogP contribution in [0.25, 0.3) is 11.1 Å². The monoisotopic (exact) mass is 310 g/mol. The third kappa shape index (κ3) is 3.81. The van der Waals surface area contributed by atoms with E-state index in [1.54, 1.807) is 0 Å². The van der Waals surface area contributed by atoms with Gasteiger partial charge in [0.05, 0.1) is 11.8 Å². The number of para-hydroxylation sites is 2. The molecule has 2 rings (SSSR count). The first-order chi connectivity index (χ1) is 9.86. The van der Waals surface area contributed by atoms with Crippen LogP contribution >= 0.6 is 23.2 Å². The predicted octanol–water partition coefficient (Wildman–Crippen LogP) is 4.59. The SMILES string of the molecule is ClCCOc1ccccc1-c1ccccc1OCCCl. The van der Waals surface area contributed by atoms with E-state index in [0.29, 0.717) is 25.0 Å². The molecule has 4 heteroatoms. The molecule has 0 aromatic heterocycles. The molecule has 106 valence electrons. The summed E-state index contributed by atoms with van der Waals surface area (Å²) in [6.07, 6.45) is 0. The molecule has 0 aliphatic rings. The summed E-state index contributed by atoms with van der Waals surface area (Å²) in [5.41, 5.74) is 1.98. The largest absolute Gasteiger partial charge is 0.492 e. The maximum Gasteiger partial charge on any atom is 0.127 e. The Morgan fingerprint density at radius 1 is 0.650 bits per heavy atom. The second-order valence-corrected chi connectivity index (χ2v) is 4.82. The van der Waals surface area contributed by atoms with Gasteiger partial charge in [0.1, 0.15) is 24.7 Å². The van der Waals surface area contributed by atoms with Crippen molar-refractivity contribution in [2.24, 2.45) is 0 Å². The number of benzene rings is 2. The lowest BCUT2D eigenvalue weighted by atomic mass is 10.0. The molecule has 0 fully saturated rings. The van der Waals surface area contributed by atoms with Crippen LogP contribution in [0.4, 0.5) is 0 Å². The van der Waals surface area contributed by atoms with Gasteiger partial charge in [-0.25, -0.2) is 0 Å². The highest BCUT2D eigenvalue weighted by molar-refractivity contribution is 6.18. The summed E-state index contributed by atoms with van der Waals surface area (Å²) in [6.45, 7) is 0.951. The van der Waals surface area contributed by atoms with Gasteiger partial charge in [-0.3, -0.25) is 0 Å². The van der Waals surface area contributed by atoms with Gasteiger partial charge in [-0.05, 0) is 12.1 Å². The molecule has 0 saturated heterocycles. The first-order valence-corrected chi connectivity index (χ1v) is 7.49. The summed E-state index contributed by atoms with van der Waals surface area (Å²) in [4.78, 5) is 0. The Morgan fingerprint density at radius 2 is 1.05 bits per heavy atom. The number of ether oxygens (including phenoxy) is 2. The van der Waals surface area contributed by atoms with E-state index in [1.165, 1.54) is 0 Å². The average Bonchev–Trinajstić information content (AvgIpc) is 2.51. The van der Waals surface area contributed by atoms with Crippen LogP contribution in [0.5, 0.6) is 11.5 Å². The Kier molecular flexibility index (Phi) is 6.03. The summed E-state index contributed by atoms with van der Waals surface area (Å²) in [7, 11) is 0. The number of halogens is 2. The van der Waals surface area contributed by atoms with Gasteiger partial charge in [-0.1, -0.05) is 36.4 Å². The van der Waals surface area contributed by atoms with E-state index in [1.807, 2.05) is 48.5 Å². The van der Waals surface area contributed by atoms with Gasteiger partial charge in [0.15, 0.2) is 0 Å². The first kappa shape index (κ1) is 15.0. The zero-order valence-corrected chi connectivity index (χ0v) is 12.5. The first-order valence-electron chi connectivity index (χ1n) is 6.42. The molecule has 0 N–H and O–H groups in total. The highest BCUT2D eigenvalue weighted by Crippen LogP contribution is 2.36. The average molecular weight is 311 g/mol. The minimum Gasteiger partial charge on any atom is -0.492 e. The molecule has 0 radical (unpaired) electrons. The number of alkyl halides is 2. The molecular weight excluding hydrogens is 295 g/mol. The quantitative estimate of drug-likeness (QED) is 0.696. The third-order valence-electron chi connectivity index (χ3n) is 2.73. The molecule has 0 bridgehead atoms. The van der Waals surface area contributed by atoms with Crippen LogP contribution in [0.3, 0.4) is 0 Å². The van der Waals surface area contributed by atoms with Crippen molar-refractivity contribution in [2.45, 2.75) is 0 Å². The van der Waals surface area contributed by atoms with Gasteiger partial charge in [-0.2, -0.15) is 0 Å². The summed E-state index contributed by atoms with van der Waals surface area (Å²) in [5.74, 6) is 2.52. The molecule has 0 heterocycles. The van der Waals surface area contributed by atoms with Crippen LogP contribution in [0.1, 0.15) is 0 Å². The predicted molar refractivity (Wildman–Crippen MR) is 84.3 cm³/mol. The molecule has 0 aliphatic heterocycles. The third-order valence-corrected chi connectivity index (χ3v) is 3.04. The maximum absolute atomic E-state index is 5.69. The second-order valence-electron chi connectivity index (χ2n) is 4.07. The Bertz CT molecular complexity index is 494. The van der Waals surface area contributed by atoms with Crippen molar-refractivity contribution < 1.29 is 9.47 Å². The Hall–Kier alpha value is -1.38. The van der Waals surface area contributed by atoms with Crippen LogP contribution < -0.4 is 9.47 Å². The summed E-state index contributed by atoms with van der Waals surface area (Å²) < 4.78 is 11.4. The van der Waals surface area contributed by atoms with Gasteiger partial charge in [-0.15, -0.1) is 23.2 Å². The molecule has 0 saturated carbocycles. The minimum absolute atomic E-state index is 0.457. The highest BCUT2D eigenvalue weighted by Gasteiger charge is 2.10. The molecule has 0 unspecified atom stereocenters. The maximum atomic E-state index is 5.69. The molecule has 0 amide bonds. The van der Waals surface area contributed by atoms with Gasteiger partial charge < -0.3 is 9.47 Å². The number of hydrogen-bond donors (Lipinski definition) is 0. The van der Waals surface area contributed by atoms with Crippen LogP contribution in [0, 0.1) is 0 Å². The topological polar surface area (TPSA) is 18.5 Å². The van der Waals surface area contributed by atoms with Gasteiger partial charge in [0.25, 0.3) is 0 Å². The normalized spacial score (nSPS) is 10.3. The van der Waals surface area contributed by atoms with Crippen molar-refractivity contribution in [3.63, 3.8) is 0 Å². The number of rotatable bonds is 7. The second kappa shape index (κ2) is 8.03. The van der Waals surface area contributed by atoms with Gasteiger partial charge in [0, 0.05) is 11.1 Å². The molecule has 20 heavy (non-hydrogen) atoms. The van der Waals surface area contributed by atoms with E-state index in [0.717, 1.165) is 22.6 Å². The molecule has 2 aromatic carbocycles. The Balaban J connectivity index is 2.35. The fraction of sp³-hybridized carbons (Fsp3) is 0.250. The lowest BCUT2D eigenvalue weighted by molar-refractivity contribution is 0.339. The van der Waals surface area contributed by atoms with Crippen LogP contribution in [-0.4, -0.2) is 25.0 Å². The fourth-order valence-electron chi connectivity index (χ4n) is 1.93. The van der Waals surface area contributed by atoms with E-state index >= 15 is 0 Å². The molecule has 2 aromatic rings. The van der Waals surface area contributed by atoms with Crippen LogP contribution in [0.2, 0.25) is 0 Å². The zero-order valence-electron chi connectivity index (χ0n) is 11.0. The Morgan fingerprint density at radius 3 is 1.45 bits per heavy atom. The lowest BCUT2D eigenvalue weighted by Gasteiger charge is -2.14. The minimum atomic E-state index is 0.457. The van der Waals surface area contributed by atoms with Crippen molar-refractivity contribution in [3.8, 4) is 22.6 Å². The van der Waals surface area contributed by atoms with Crippen LogP contribution in [-0.2, 0) is 0 Å². The van der Waals surface area contributed by atoms with Gasteiger partial charge in [0.2, 0.25) is 0 Å². The standard InChI is InChI=1S/C16H16Cl2O2/c17-9-11-19-15-7-3-1-5-13(15)14-6-2-4-8-16(14)20-12-10-18/h1-8H,9-12H2. The van der Waals surface area contributed by atoms with Crippen molar-refractivity contribution in [2.75, 3.05) is 25.0 Å². The van der Waals surface area contributed by atoms with Crippen molar-refractivity contribution in [1.29, 1.82) is 0 Å². The molecule has 0 aliphatic carbocycles. The highest BCUT2D eigenvalue weighted by atomic mass is 35.5. The summed E-state index contributed by atoms with van der Waals surface area (Å²) >= 11 is 11.4. The van der Waals surface area contributed by atoms with Gasteiger partial charge >= 0.3 is 0 Å². The summed E-state index contributed by atoms with van der Waals surface area (Å²) in [6, 6.07) is 15.7. The molecule has 0 atom stereocenters.